The molecule has 2 amide bonds. The lowest BCUT2D eigenvalue weighted by Gasteiger charge is -2.12. The summed E-state index contributed by atoms with van der Waals surface area (Å²) in [6.45, 7) is 2.01. The van der Waals surface area contributed by atoms with E-state index >= 15 is 0 Å². The molecule has 0 fully saturated rings. The van der Waals surface area contributed by atoms with Crippen molar-refractivity contribution in [3.63, 3.8) is 0 Å². The van der Waals surface area contributed by atoms with Crippen molar-refractivity contribution in [1.29, 1.82) is 0 Å². The number of anilines is 2. The van der Waals surface area contributed by atoms with E-state index in [-0.39, 0.29) is 11.8 Å². The molecule has 6 heteroatoms. The first-order chi connectivity index (χ1) is 9.52. The zero-order valence-electron chi connectivity index (χ0n) is 11.8. The number of rotatable bonds is 7. The summed E-state index contributed by atoms with van der Waals surface area (Å²) in [4.78, 5) is 22.8. The van der Waals surface area contributed by atoms with E-state index < -0.39 is 6.04 Å². The predicted octanol–water partition coefficient (Wildman–Crippen LogP) is 1.34. The number of carbonyl (C=O) groups is 2. The maximum atomic E-state index is 11.9. The second-order valence-electron chi connectivity index (χ2n) is 4.49. The molecule has 0 aliphatic rings. The van der Waals surface area contributed by atoms with Crippen molar-refractivity contribution >= 4 is 23.2 Å². The highest BCUT2D eigenvalue weighted by Gasteiger charge is 2.13. The van der Waals surface area contributed by atoms with Crippen LogP contribution in [0.1, 0.15) is 19.8 Å². The van der Waals surface area contributed by atoms with Gasteiger partial charge in [0.25, 0.3) is 0 Å². The molecule has 1 aromatic rings. The number of methoxy groups -OCH3 is 1. The van der Waals surface area contributed by atoms with Gasteiger partial charge in [-0.25, -0.2) is 0 Å². The van der Waals surface area contributed by atoms with Gasteiger partial charge in [-0.2, -0.15) is 0 Å². The Bertz CT molecular complexity index is 463. The van der Waals surface area contributed by atoms with Crippen LogP contribution in [0.2, 0.25) is 0 Å². The summed E-state index contributed by atoms with van der Waals surface area (Å²) in [6.07, 6.45) is 1.29. The maximum Gasteiger partial charge on any atom is 0.241 e. The van der Waals surface area contributed by atoms with Crippen LogP contribution >= 0.6 is 0 Å². The van der Waals surface area contributed by atoms with Crippen molar-refractivity contribution in [2.24, 2.45) is 5.73 Å². The van der Waals surface area contributed by atoms with Crippen LogP contribution in [0.5, 0.6) is 0 Å². The Morgan fingerprint density at radius 2 is 1.95 bits per heavy atom. The van der Waals surface area contributed by atoms with Gasteiger partial charge in [0.2, 0.25) is 11.8 Å². The molecule has 6 nitrogen and oxygen atoms in total. The average Bonchev–Trinajstić information content (AvgIpc) is 2.38. The van der Waals surface area contributed by atoms with Crippen molar-refractivity contribution in [2.75, 3.05) is 24.4 Å². The Labute approximate surface area is 118 Å². The van der Waals surface area contributed by atoms with Crippen LogP contribution in [0.3, 0.4) is 0 Å². The van der Waals surface area contributed by atoms with Crippen molar-refractivity contribution in [3.05, 3.63) is 24.3 Å². The van der Waals surface area contributed by atoms with Crippen molar-refractivity contribution < 1.29 is 14.3 Å². The first-order valence-corrected chi connectivity index (χ1v) is 6.46. The summed E-state index contributed by atoms with van der Waals surface area (Å²) < 4.78 is 4.92. The number of carbonyl (C=O) groups excluding carboxylic acids is 2. The Morgan fingerprint density at radius 1 is 1.30 bits per heavy atom. The van der Waals surface area contributed by atoms with E-state index in [1.54, 1.807) is 31.4 Å². The van der Waals surface area contributed by atoms with Crippen LogP contribution in [0.4, 0.5) is 11.4 Å². The van der Waals surface area contributed by atoms with Gasteiger partial charge in [0.05, 0.1) is 6.04 Å². The van der Waals surface area contributed by atoms with Crippen LogP contribution in [-0.4, -0.2) is 31.6 Å². The van der Waals surface area contributed by atoms with E-state index in [1.807, 2.05) is 0 Å². The second kappa shape index (κ2) is 8.29. The van der Waals surface area contributed by atoms with Gasteiger partial charge >= 0.3 is 0 Å². The van der Waals surface area contributed by atoms with Crippen LogP contribution in [-0.2, 0) is 14.3 Å². The number of benzene rings is 1. The maximum absolute atomic E-state index is 11.9. The number of nitrogens with two attached hydrogens (primary N) is 1. The van der Waals surface area contributed by atoms with Crippen molar-refractivity contribution in [2.45, 2.75) is 25.8 Å². The molecule has 0 aliphatic carbocycles. The van der Waals surface area contributed by atoms with Gasteiger partial charge in [-0.15, -0.1) is 0 Å². The average molecular weight is 279 g/mol. The SMILES string of the molecule is COCCCC(N)C(=O)Nc1cccc(NC(C)=O)c1. The van der Waals surface area contributed by atoms with Gasteiger partial charge in [0, 0.05) is 32.0 Å². The second-order valence-corrected chi connectivity index (χ2v) is 4.49. The third-order valence-electron chi connectivity index (χ3n) is 2.65. The zero-order valence-corrected chi connectivity index (χ0v) is 11.8. The van der Waals surface area contributed by atoms with E-state index in [0.29, 0.717) is 24.4 Å². The molecule has 110 valence electrons. The lowest BCUT2D eigenvalue weighted by molar-refractivity contribution is -0.117. The van der Waals surface area contributed by atoms with Crippen molar-refractivity contribution in [3.8, 4) is 0 Å². The fourth-order valence-corrected chi connectivity index (χ4v) is 1.69. The molecule has 0 saturated carbocycles. The van der Waals surface area contributed by atoms with E-state index in [1.165, 1.54) is 6.92 Å². The first-order valence-electron chi connectivity index (χ1n) is 6.46. The zero-order chi connectivity index (χ0) is 15.0. The number of nitrogens with one attached hydrogen (secondary N) is 2. The third-order valence-corrected chi connectivity index (χ3v) is 2.65. The molecule has 1 aromatic carbocycles. The van der Waals surface area contributed by atoms with Gasteiger partial charge in [0.15, 0.2) is 0 Å². The Balaban J connectivity index is 2.54. The highest BCUT2D eigenvalue weighted by atomic mass is 16.5. The quantitative estimate of drug-likeness (QED) is 0.656. The summed E-state index contributed by atoms with van der Waals surface area (Å²) in [5, 5.41) is 5.38. The third kappa shape index (κ3) is 5.81. The molecule has 0 bridgehead atoms. The molecule has 1 unspecified atom stereocenters. The van der Waals surface area contributed by atoms with E-state index in [4.69, 9.17) is 10.5 Å². The lowest BCUT2D eigenvalue weighted by atomic mass is 10.1. The van der Waals surface area contributed by atoms with E-state index in [9.17, 15) is 9.59 Å². The van der Waals surface area contributed by atoms with Crippen LogP contribution in [0, 0.1) is 0 Å². The fourth-order valence-electron chi connectivity index (χ4n) is 1.69. The standard InChI is InChI=1S/C14H21N3O3/c1-10(18)16-11-5-3-6-12(9-11)17-14(19)13(15)7-4-8-20-2/h3,5-6,9,13H,4,7-8,15H2,1-2H3,(H,16,18)(H,17,19). The molecule has 4 N–H and O–H groups in total. The molecule has 0 aromatic heterocycles. The number of amides is 2. The topological polar surface area (TPSA) is 93.4 Å². The van der Waals surface area contributed by atoms with E-state index in [2.05, 4.69) is 10.6 Å². The van der Waals surface area contributed by atoms with Crippen LogP contribution in [0.25, 0.3) is 0 Å². The first kappa shape index (κ1) is 16.1. The van der Waals surface area contributed by atoms with Crippen LogP contribution in [0.15, 0.2) is 24.3 Å². The Hall–Kier alpha value is -1.92. The van der Waals surface area contributed by atoms with Gasteiger partial charge in [-0.1, -0.05) is 6.07 Å². The monoisotopic (exact) mass is 279 g/mol. The number of ether oxygens (including phenoxy) is 1. The fraction of sp³-hybridized carbons (Fsp3) is 0.429. The molecular formula is C14H21N3O3. The van der Waals surface area contributed by atoms with Gasteiger partial charge in [0.1, 0.15) is 0 Å². The van der Waals surface area contributed by atoms with Crippen molar-refractivity contribution in [1.82, 2.24) is 0 Å². The predicted molar refractivity (Wildman–Crippen MR) is 78.5 cm³/mol. The summed E-state index contributed by atoms with van der Waals surface area (Å²) in [7, 11) is 1.61. The molecular weight excluding hydrogens is 258 g/mol. The molecule has 0 aliphatic heterocycles. The van der Waals surface area contributed by atoms with Crippen LogP contribution < -0.4 is 16.4 Å². The minimum absolute atomic E-state index is 0.162. The Kier molecular flexibility index (Phi) is 6.69. The largest absolute Gasteiger partial charge is 0.385 e. The molecule has 1 rings (SSSR count). The Morgan fingerprint density at radius 3 is 2.55 bits per heavy atom. The number of hydrogen-bond acceptors (Lipinski definition) is 4. The van der Waals surface area contributed by atoms with Gasteiger partial charge in [-0.05, 0) is 31.0 Å². The minimum atomic E-state index is -0.574. The van der Waals surface area contributed by atoms with E-state index in [0.717, 1.165) is 6.42 Å². The smallest absolute Gasteiger partial charge is 0.241 e. The van der Waals surface area contributed by atoms with Gasteiger partial charge < -0.3 is 21.1 Å². The number of hydrogen-bond donors (Lipinski definition) is 3. The molecule has 20 heavy (non-hydrogen) atoms. The molecule has 0 radical (unpaired) electrons. The molecule has 0 saturated heterocycles. The summed E-state index contributed by atoms with van der Waals surface area (Å²) in [6, 6.07) is 6.34. The summed E-state index contributed by atoms with van der Waals surface area (Å²) in [5.74, 6) is -0.411. The normalized spacial score (nSPS) is 11.8. The molecule has 1 atom stereocenters. The summed E-state index contributed by atoms with van der Waals surface area (Å²) >= 11 is 0. The highest BCUT2D eigenvalue weighted by molar-refractivity contribution is 5.96. The summed E-state index contributed by atoms with van der Waals surface area (Å²) in [5.41, 5.74) is 7.02. The molecule has 0 spiro atoms. The highest BCUT2D eigenvalue weighted by Crippen LogP contribution is 2.15. The minimum Gasteiger partial charge on any atom is -0.385 e. The van der Waals surface area contributed by atoms with Gasteiger partial charge in [-0.3, -0.25) is 9.59 Å². The molecule has 0 heterocycles. The lowest BCUT2D eigenvalue weighted by Crippen LogP contribution is -2.35.